The predicted octanol–water partition coefficient (Wildman–Crippen LogP) is 2.92. The molecule has 0 aromatic heterocycles. The van der Waals surface area contributed by atoms with Crippen LogP contribution >= 0.6 is 0 Å². The molecule has 0 amide bonds. The molecule has 2 rings (SSSR count). The van der Waals surface area contributed by atoms with Crippen LogP contribution < -0.4 is 4.74 Å². The molecule has 15 heavy (non-hydrogen) atoms. The monoisotopic (exact) mass is 203 g/mol. The second-order valence-corrected chi connectivity index (χ2v) is 3.93. The van der Waals surface area contributed by atoms with Crippen LogP contribution in [0.5, 0.6) is 5.75 Å². The third-order valence-corrected chi connectivity index (χ3v) is 2.58. The van der Waals surface area contributed by atoms with E-state index in [-0.39, 0.29) is 6.10 Å². The van der Waals surface area contributed by atoms with Crippen molar-refractivity contribution in [2.24, 2.45) is 5.11 Å². The average Bonchev–Trinajstić information content (AvgIpc) is 2.57. The van der Waals surface area contributed by atoms with Crippen LogP contribution in [-0.4, -0.2) is 12.6 Å². The fourth-order valence-corrected chi connectivity index (χ4v) is 2.05. The third-order valence-electron chi connectivity index (χ3n) is 2.58. The molecule has 4 heteroatoms. The summed E-state index contributed by atoms with van der Waals surface area (Å²) in [6.45, 7) is 4.53. The van der Waals surface area contributed by atoms with Crippen molar-refractivity contribution < 1.29 is 4.74 Å². The molecular weight excluding hydrogens is 190 g/mol. The molecule has 0 spiro atoms. The number of rotatable bonds is 2. The smallest absolute Gasteiger partial charge is 0.125 e. The Morgan fingerprint density at radius 2 is 2.33 bits per heavy atom. The zero-order valence-electron chi connectivity index (χ0n) is 8.90. The molecule has 0 N–H and O–H groups in total. The first kappa shape index (κ1) is 9.87. The highest BCUT2D eigenvalue weighted by Gasteiger charge is 2.23. The number of benzene rings is 1. The summed E-state index contributed by atoms with van der Waals surface area (Å²) in [7, 11) is 0. The lowest BCUT2D eigenvalue weighted by molar-refractivity contribution is 0.240. The number of fused-ring (bicyclic) bond motifs is 1. The normalized spacial score (nSPS) is 17.9. The van der Waals surface area contributed by atoms with Gasteiger partial charge in [-0.1, -0.05) is 22.8 Å². The fraction of sp³-hybridized carbons (Fsp3) is 0.455. The van der Waals surface area contributed by atoms with Gasteiger partial charge in [0.05, 0.1) is 6.54 Å². The van der Waals surface area contributed by atoms with Gasteiger partial charge in [0.1, 0.15) is 11.9 Å². The maximum atomic E-state index is 8.25. The summed E-state index contributed by atoms with van der Waals surface area (Å²) < 4.78 is 5.73. The van der Waals surface area contributed by atoms with E-state index < -0.39 is 0 Å². The number of azide groups is 1. The van der Waals surface area contributed by atoms with E-state index in [0.29, 0.717) is 6.54 Å². The zero-order chi connectivity index (χ0) is 10.8. The van der Waals surface area contributed by atoms with Gasteiger partial charge in [-0.05, 0) is 30.5 Å². The summed E-state index contributed by atoms with van der Waals surface area (Å²) in [6, 6.07) is 4.24. The summed E-state index contributed by atoms with van der Waals surface area (Å²) in [5, 5.41) is 3.54. The van der Waals surface area contributed by atoms with Crippen molar-refractivity contribution in [2.75, 3.05) is 6.54 Å². The molecular formula is C11H13N3O. The number of nitrogens with zero attached hydrogens (tertiary/aromatic N) is 3. The number of hydrogen-bond acceptors (Lipinski definition) is 2. The summed E-state index contributed by atoms with van der Waals surface area (Å²) in [6.07, 6.45) is 0.855. The van der Waals surface area contributed by atoms with Gasteiger partial charge in [-0.3, -0.25) is 0 Å². The topological polar surface area (TPSA) is 58.0 Å². The van der Waals surface area contributed by atoms with E-state index in [1.54, 1.807) is 0 Å². The van der Waals surface area contributed by atoms with Crippen LogP contribution in [0.2, 0.25) is 0 Å². The minimum absolute atomic E-state index is 0.0106. The standard InChI is InChI=1S/C11H13N3O/c1-7-3-8(2)11-9(4-7)5-10(15-11)6-13-14-12/h3-4,10H,5-6H2,1-2H3/t10-/m0/s1. The molecule has 1 aromatic carbocycles. The van der Waals surface area contributed by atoms with Gasteiger partial charge in [0, 0.05) is 11.3 Å². The van der Waals surface area contributed by atoms with E-state index in [1.807, 2.05) is 6.92 Å². The van der Waals surface area contributed by atoms with E-state index in [4.69, 9.17) is 10.3 Å². The fourth-order valence-electron chi connectivity index (χ4n) is 2.05. The Bertz CT molecular complexity index is 436. The average molecular weight is 203 g/mol. The molecule has 1 atom stereocenters. The van der Waals surface area contributed by atoms with Gasteiger partial charge in [0.2, 0.25) is 0 Å². The molecule has 0 bridgehead atoms. The SMILES string of the molecule is Cc1cc(C)c2c(c1)C[C@@H](CN=[N+]=[N-])O2. The number of hydrogen-bond donors (Lipinski definition) is 0. The van der Waals surface area contributed by atoms with Crippen molar-refractivity contribution in [3.8, 4) is 5.75 Å². The van der Waals surface area contributed by atoms with Crippen LogP contribution in [0.1, 0.15) is 16.7 Å². The molecule has 0 unspecified atom stereocenters. The van der Waals surface area contributed by atoms with Crippen LogP contribution in [0.3, 0.4) is 0 Å². The Labute approximate surface area is 88.5 Å². The maximum absolute atomic E-state index is 8.25. The maximum Gasteiger partial charge on any atom is 0.125 e. The molecule has 0 fully saturated rings. The largest absolute Gasteiger partial charge is 0.489 e. The second kappa shape index (κ2) is 3.83. The van der Waals surface area contributed by atoms with Crippen LogP contribution in [0, 0.1) is 13.8 Å². The van der Waals surface area contributed by atoms with Gasteiger partial charge in [0.15, 0.2) is 0 Å². The van der Waals surface area contributed by atoms with E-state index >= 15 is 0 Å². The van der Waals surface area contributed by atoms with Crippen molar-refractivity contribution >= 4 is 0 Å². The van der Waals surface area contributed by atoms with Crippen molar-refractivity contribution in [1.29, 1.82) is 0 Å². The van der Waals surface area contributed by atoms with Gasteiger partial charge in [-0.25, -0.2) is 0 Å². The molecule has 4 nitrogen and oxygen atoms in total. The van der Waals surface area contributed by atoms with Gasteiger partial charge < -0.3 is 4.74 Å². The molecule has 1 aromatic rings. The van der Waals surface area contributed by atoms with Crippen molar-refractivity contribution in [3.05, 3.63) is 39.3 Å². The highest BCUT2D eigenvalue weighted by molar-refractivity contribution is 5.46. The van der Waals surface area contributed by atoms with Crippen molar-refractivity contribution in [1.82, 2.24) is 0 Å². The number of ether oxygens (including phenoxy) is 1. The summed E-state index contributed by atoms with van der Waals surface area (Å²) >= 11 is 0. The molecule has 0 radical (unpaired) electrons. The first-order chi connectivity index (χ1) is 7.20. The van der Waals surface area contributed by atoms with Gasteiger partial charge >= 0.3 is 0 Å². The van der Waals surface area contributed by atoms with E-state index in [0.717, 1.165) is 17.7 Å². The second-order valence-electron chi connectivity index (χ2n) is 3.93. The Morgan fingerprint density at radius 1 is 1.53 bits per heavy atom. The Kier molecular flexibility index (Phi) is 2.52. The highest BCUT2D eigenvalue weighted by Crippen LogP contribution is 2.33. The van der Waals surface area contributed by atoms with E-state index in [9.17, 15) is 0 Å². The third kappa shape index (κ3) is 1.90. The molecule has 1 aliphatic heterocycles. The minimum atomic E-state index is 0.0106. The van der Waals surface area contributed by atoms with Gasteiger partial charge in [-0.2, -0.15) is 0 Å². The van der Waals surface area contributed by atoms with Gasteiger partial charge in [-0.15, -0.1) is 0 Å². The van der Waals surface area contributed by atoms with Crippen molar-refractivity contribution in [2.45, 2.75) is 26.4 Å². The predicted molar refractivity (Wildman–Crippen MR) is 58.0 cm³/mol. The first-order valence-electron chi connectivity index (χ1n) is 4.98. The van der Waals surface area contributed by atoms with Crippen LogP contribution in [0.25, 0.3) is 10.4 Å². The van der Waals surface area contributed by atoms with Crippen LogP contribution in [0.15, 0.2) is 17.2 Å². The van der Waals surface area contributed by atoms with Crippen molar-refractivity contribution in [3.63, 3.8) is 0 Å². The minimum Gasteiger partial charge on any atom is -0.489 e. The lowest BCUT2D eigenvalue weighted by Crippen LogP contribution is -2.16. The Hall–Kier alpha value is -1.67. The molecule has 1 aliphatic rings. The quantitative estimate of drug-likeness (QED) is 0.414. The highest BCUT2D eigenvalue weighted by atomic mass is 16.5. The molecule has 78 valence electrons. The summed E-state index contributed by atoms with van der Waals surface area (Å²) in [4.78, 5) is 2.75. The van der Waals surface area contributed by atoms with Crippen LogP contribution in [0.4, 0.5) is 0 Å². The molecule has 0 saturated carbocycles. The first-order valence-corrected chi connectivity index (χ1v) is 4.98. The lowest BCUT2D eigenvalue weighted by Gasteiger charge is -2.08. The summed E-state index contributed by atoms with van der Waals surface area (Å²) in [5.74, 6) is 0.971. The zero-order valence-corrected chi connectivity index (χ0v) is 8.90. The molecule has 1 heterocycles. The molecule has 0 aliphatic carbocycles. The van der Waals surface area contributed by atoms with E-state index in [2.05, 4.69) is 29.1 Å². The lowest BCUT2D eigenvalue weighted by atomic mass is 10.0. The Balaban J connectivity index is 2.23. The van der Waals surface area contributed by atoms with Crippen LogP contribution in [-0.2, 0) is 6.42 Å². The van der Waals surface area contributed by atoms with Gasteiger partial charge in [0.25, 0.3) is 0 Å². The van der Waals surface area contributed by atoms with E-state index in [1.165, 1.54) is 11.1 Å². The summed E-state index contributed by atoms with van der Waals surface area (Å²) in [5.41, 5.74) is 11.9. The molecule has 0 saturated heterocycles. The number of aryl methyl sites for hydroxylation is 2. The Morgan fingerprint density at radius 3 is 3.07 bits per heavy atom.